The van der Waals surface area contributed by atoms with Crippen LogP contribution in [0.4, 0.5) is 0 Å². The first kappa shape index (κ1) is 16.8. The molecule has 7 heteroatoms. The van der Waals surface area contributed by atoms with Crippen molar-refractivity contribution in [3.63, 3.8) is 0 Å². The Morgan fingerprint density at radius 1 is 1.13 bits per heavy atom. The lowest BCUT2D eigenvalue weighted by Crippen LogP contribution is -2.01. The van der Waals surface area contributed by atoms with E-state index in [-0.39, 0.29) is 0 Å². The fourth-order valence-electron chi connectivity index (χ4n) is 2.22. The first-order valence-corrected chi connectivity index (χ1v) is 9.85. The standard InChI is InChI=1S/C16H15Cl2N3S2/c1-2-8-21-15(14-7-4-9-22-14)19-20-16(21)23-10-11-12(17)5-3-6-13(11)18/h3-7,9H,2,8,10H2,1H3. The zero-order chi connectivity index (χ0) is 16.2. The van der Waals surface area contributed by atoms with Crippen LogP contribution in [0, 0.1) is 0 Å². The number of hydrogen-bond donors (Lipinski definition) is 0. The Balaban J connectivity index is 1.86. The first-order valence-electron chi connectivity index (χ1n) is 7.23. The largest absolute Gasteiger partial charge is 0.301 e. The summed E-state index contributed by atoms with van der Waals surface area (Å²) in [7, 11) is 0. The monoisotopic (exact) mass is 383 g/mol. The van der Waals surface area contributed by atoms with Crippen molar-refractivity contribution in [3.8, 4) is 10.7 Å². The topological polar surface area (TPSA) is 30.7 Å². The van der Waals surface area contributed by atoms with Gasteiger partial charge in [-0.15, -0.1) is 21.5 Å². The van der Waals surface area contributed by atoms with E-state index in [1.165, 1.54) is 0 Å². The van der Waals surface area contributed by atoms with E-state index < -0.39 is 0 Å². The van der Waals surface area contributed by atoms with Gasteiger partial charge in [-0.05, 0) is 35.6 Å². The molecule has 0 spiro atoms. The van der Waals surface area contributed by atoms with Gasteiger partial charge in [-0.1, -0.05) is 54.0 Å². The molecule has 0 bridgehead atoms. The second-order valence-electron chi connectivity index (χ2n) is 4.92. The Morgan fingerprint density at radius 2 is 1.91 bits per heavy atom. The molecule has 3 rings (SSSR count). The molecule has 0 saturated carbocycles. The minimum absolute atomic E-state index is 0.671. The molecule has 0 saturated heterocycles. The van der Waals surface area contributed by atoms with Gasteiger partial charge >= 0.3 is 0 Å². The second kappa shape index (κ2) is 7.71. The fourth-order valence-corrected chi connectivity index (χ4v) is 4.64. The van der Waals surface area contributed by atoms with Crippen molar-refractivity contribution in [3.05, 3.63) is 51.3 Å². The maximum absolute atomic E-state index is 6.24. The molecule has 120 valence electrons. The molecule has 0 aliphatic heterocycles. The summed E-state index contributed by atoms with van der Waals surface area (Å²) >= 11 is 15.8. The van der Waals surface area contributed by atoms with E-state index in [2.05, 4.69) is 33.1 Å². The number of hydrogen-bond acceptors (Lipinski definition) is 4. The van der Waals surface area contributed by atoms with Crippen LogP contribution < -0.4 is 0 Å². The average molecular weight is 384 g/mol. The fraction of sp³-hybridized carbons (Fsp3) is 0.250. The zero-order valence-electron chi connectivity index (χ0n) is 12.5. The summed E-state index contributed by atoms with van der Waals surface area (Å²) in [6.07, 6.45) is 1.02. The summed E-state index contributed by atoms with van der Waals surface area (Å²) < 4.78 is 2.17. The van der Waals surface area contributed by atoms with Gasteiger partial charge in [0.25, 0.3) is 0 Å². The summed E-state index contributed by atoms with van der Waals surface area (Å²) in [5.41, 5.74) is 0.935. The van der Waals surface area contributed by atoms with Crippen molar-refractivity contribution in [1.82, 2.24) is 14.8 Å². The highest BCUT2D eigenvalue weighted by Gasteiger charge is 2.15. The van der Waals surface area contributed by atoms with Crippen molar-refractivity contribution in [2.45, 2.75) is 30.8 Å². The van der Waals surface area contributed by atoms with Gasteiger partial charge in [0.15, 0.2) is 11.0 Å². The highest BCUT2D eigenvalue weighted by molar-refractivity contribution is 7.98. The van der Waals surface area contributed by atoms with E-state index >= 15 is 0 Å². The summed E-state index contributed by atoms with van der Waals surface area (Å²) in [5.74, 6) is 1.60. The SMILES string of the molecule is CCCn1c(SCc2c(Cl)cccc2Cl)nnc1-c1cccs1. The van der Waals surface area contributed by atoms with Crippen LogP contribution in [0.25, 0.3) is 10.7 Å². The highest BCUT2D eigenvalue weighted by atomic mass is 35.5. The highest BCUT2D eigenvalue weighted by Crippen LogP contribution is 2.33. The van der Waals surface area contributed by atoms with E-state index in [1.54, 1.807) is 23.1 Å². The van der Waals surface area contributed by atoms with Gasteiger partial charge in [0.05, 0.1) is 4.88 Å². The third kappa shape index (κ3) is 3.74. The molecule has 0 fully saturated rings. The molecule has 0 aliphatic rings. The summed E-state index contributed by atoms with van der Waals surface area (Å²) in [6, 6.07) is 9.67. The van der Waals surface area contributed by atoms with Crippen molar-refractivity contribution < 1.29 is 0 Å². The van der Waals surface area contributed by atoms with Crippen LogP contribution >= 0.6 is 46.3 Å². The van der Waals surface area contributed by atoms with Gasteiger partial charge in [0, 0.05) is 22.3 Å². The molecule has 0 aliphatic carbocycles. The van der Waals surface area contributed by atoms with Gasteiger partial charge < -0.3 is 4.57 Å². The maximum atomic E-state index is 6.24. The quantitative estimate of drug-likeness (QED) is 0.487. The summed E-state index contributed by atoms with van der Waals surface area (Å²) in [4.78, 5) is 1.13. The molecule has 0 unspecified atom stereocenters. The minimum atomic E-state index is 0.671. The normalized spacial score (nSPS) is 11.1. The third-order valence-electron chi connectivity index (χ3n) is 3.31. The van der Waals surface area contributed by atoms with Crippen LogP contribution in [0.1, 0.15) is 18.9 Å². The third-order valence-corrected chi connectivity index (χ3v) is 5.88. The van der Waals surface area contributed by atoms with Crippen LogP contribution in [-0.4, -0.2) is 14.8 Å². The first-order chi connectivity index (χ1) is 11.2. The zero-order valence-corrected chi connectivity index (χ0v) is 15.6. The molecule has 3 aromatic rings. The molecule has 23 heavy (non-hydrogen) atoms. The minimum Gasteiger partial charge on any atom is -0.301 e. The van der Waals surface area contributed by atoms with Gasteiger partial charge in [-0.2, -0.15) is 0 Å². The molecule has 0 amide bonds. The Labute approximate surface area is 153 Å². The molecular formula is C16H15Cl2N3S2. The number of thioether (sulfide) groups is 1. The Hall–Kier alpha value is -1.01. The predicted octanol–water partition coefficient (Wildman–Crippen LogP) is 6.02. The molecule has 1 aromatic carbocycles. The molecule has 2 heterocycles. The predicted molar refractivity (Wildman–Crippen MR) is 99.6 cm³/mol. The summed E-state index contributed by atoms with van der Waals surface area (Å²) in [5, 5.41) is 13.0. The molecule has 3 nitrogen and oxygen atoms in total. The van der Waals surface area contributed by atoms with E-state index in [0.29, 0.717) is 15.8 Å². The Bertz CT molecular complexity index is 764. The van der Waals surface area contributed by atoms with Crippen LogP contribution in [0.5, 0.6) is 0 Å². The lowest BCUT2D eigenvalue weighted by Gasteiger charge is -2.09. The van der Waals surface area contributed by atoms with Crippen molar-refractivity contribution >= 4 is 46.3 Å². The van der Waals surface area contributed by atoms with E-state index in [4.69, 9.17) is 23.2 Å². The number of benzene rings is 1. The molecule has 0 atom stereocenters. The number of aromatic nitrogens is 3. The van der Waals surface area contributed by atoms with Crippen LogP contribution in [0.3, 0.4) is 0 Å². The van der Waals surface area contributed by atoms with E-state index in [1.807, 2.05) is 24.3 Å². The average Bonchev–Trinajstić information content (AvgIpc) is 3.17. The van der Waals surface area contributed by atoms with Crippen LogP contribution in [0.15, 0.2) is 40.9 Å². The number of halogens is 2. The Morgan fingerprint density at radius 3 is 2.57 bits per heavy atom. The van der Waals surface area contributed by atoms with Gasteiger partial charge in [-0.25, -0.2) is 0 Å². The van der Waals surface area contributed by atoms with Crippen molar-refractivity contribution in [2.24, 2.45) is 0 Å². The lowest BCUT2D eigenvalue weighted by atomic mass is 10.2. The van der Waals surface area contributed by atoms with Crippen LogP contribution in [-0.2, 0) is 12.3 Å². The van der Waals surface area contributed by atoms with Crippen LogP contribution in [0.2, 0.25) is 10.0 Å². The smallest absolute Gasteiger partial charge is 0.191 e. The second-order valence-corrected chi connectivity index (χ2v) is 7.63. The Kier molecular flexibility index (Phi) is 5.64. The van der Waals surface area contributed by atoms with Gasteiger partial charge in [-0.3, -0.25) is 0 Å². The van der Waals surface area contributed by atoms with Gasteiger partial charge in [0.1, 0.15) is 0 Å². The maximum Gasteiger partial charge on any atom is 0.191 e. The molecule has 0 radical (unpaired) electrons. The molecule has 2 aromatic heterocycles. The summed E-state index contributed by atoms with van der Waals surface area (Å²) in [6.45, 7) is 3.04. The van der Waals surface area contributed by atoms with Gasteiger partial charge in [0.2, 0.25) is 0 Å². The number of thiophene rings is 1. The molecule has 0 N–H and O–H groups in total. The lowest BCUT2D eigenvalue weighted by molar-refractivity contribution is 0.627. The van der Waals surface area contributed by atoms with Crippen molar-refractivity contribution in [1.29, 1.82) is 0 Å². The van der Waals surface area contributed by atoms with Crippen molar-refractivity contribution in [2.75, 3.05) is 0 Å². The van der Waals surface area contributed by atoms with E-state index in [0.717, 1.165) is 34.4 Å². The van der Waals surface area contributed by atoms with E-state index in [9.17, 15) is 0 Å². The number of rotatable bonds is 6. The number of nitrogens with zero attached hydrogens (tertiary/aromatic N) is 3. The molecular weight excluding hydrogens is 369 g/mol.